The molecule has 4 aliphatic rings. The summed E-state index contributed by atoms with van der Waals surface area (Å²) in [6.07, 6.45) is 14.9. The van der Waals surface area contributed by atoms with Crippen LogP contribution in [-0.2, 0) is 15.9 Å². The second kappa shape index (κ2) is 9.45. The van der Waals surface area contributed by atoms with Gasteiger partial charge in [-0.2, -0.15) is 0 Å². The first-order valence-electron chi connectivity index (χ1n) is 13.9. The third-order valence-corrected chi connectivity index (χ3v) is 9.98. The van der Waals surface area contributed by atoms with Gasteiger partial charge in [0.15, 0.2) is 6.29 Å². The highest BCUT2D eigenvalue weighted by atomic mass is 16.7. The Morgan fingerprint density at radius 1 is 1.03 bits per heavy atom. The Hall–Kier alpha value is -2.46. The predicted octanol–water partition coefficient (Wildman–Crippen LogP) is 7.47. The second-order valence-corrected chi connectivity index (χ2v) is 11.9. The van der Waals surface area contributed by atoms with Crippen LogP contribution >= 0.6 is 0 Å². The molecule has 1 heterocycles. The zero-order valence-electron chi connectivity index (χ0n) is 21.7. The lowest BCUT2D eigenvalue weighted by molar-refractivity contribution is -0.130. The minimum atomic E-state index is -0.114. The summed E-state index contributed by atoms with van der Waals surface area (Å²) >= 11 is 0. The summed E-state index contributed by atoms with van der Waals surface area (Å²) in [5, 5.41) is 10.0. The van der Waals surface area contributed by atoms with Crippen molar-refractivity contribution in [2.75, 3.05) is 13.7 Å². The normalized spacial score (nSPS) is 35.6. The van der Waals surface area contributed by atoms with Crippen molar-refractivity contribution in [3.63, 3.8) is 0 Å². The van der Waals surface area contributed by atoms with Crippen LogP contribution in [0.3, 0.4) is 0 Å². The van der Waals surface area contributed by atoms with Crippen LogP contribution < -0.4 is 4.74 Å². The topological polar surface area (TPSA) is 47.9 Å². The number of rotatable bonds is 5. The average molecular weight is 489 g/mol. The van der Waals surface area contributed by atoms with E-state index < -0.39 is 0 Å². The Bertz CT molecular complexity index is 1100. The first kappa shape index (κ1) is 23.9. The number of fused-ring (bicyclic) bond motifs is 5. The maximum atomic E-state index is 10.0. The van der Waals surface area contributed by atoms with Gasteiger partial charge in [0.05, 0.1) is 20.0 Å². The first-order chi connectivity index (χ1) is 17.5. The third-order valence-electron chi connectivity index (χ3n) is 9.98. The Morgan fingerprint density at radius 3 is 2.67 bits per heavy atom. The van der Waals surface area contributed by atoms with Gasteiger partial charge in [0.2, 0.25) is 0 Å². The monoisotopic (exact) mass is 488 g/mol. The molecular formula is C32H40O4. The summed E-state index contributed by atoms with van der Waals surface area (Å²) in [6.45, 7) is 3.34. The van der Waals surface area contributed by atoms with Gasteiger partial charge in [0, 0.05) is 17.8 Å². The van der Waals surface area contributed by atoms with Crippen LogP contribution in [-0.4, -0.2) is 25.1 Å². The first-order valence-corrected chi connectivity index (χ1v) is 13.9. The molecular weight excluding hydrogens is 448 g/mol. The van der Waals surface area contributed by atoms with Gasteiger partial charge in [0.25, 0.3) is 0 Å². The number of hydrogen-bond acceptors (Lipinski definition) is 4. The number of aromatic hydroxyl groups is 1. The van der Waals surface area contributed by atoms with Gasteiger partial charge >= 0.3 is 0 Å². The molecule has 3 aliphatic carbocycles. The molecule has 6 rings (SSSR count). The van der Waals surface area contributed by atoms with Gasteiger partial charge in [-0.25, -0.2) is 0 Å². The van der Waals surface area contributed by atoms with Gasteiger partial charge in [-0.05, 0) is 109 Å². The van der Waals surface area contributed by atoms with Crippen LogP contribution in [0.2, 0.25) is 0 Å². The summed E-state index contributed by atoms with van der Waals surface area (Å²) < 4.78 is 17.7. The highest BCUT2D eigenvalue weighted by Crippen LogP contribution is 2.71. The van der Waals surface area contributed by atoms with E-state index in [2.05, 4.69) is 43.3 Å². The summed E-state index contributed by atoms with van der Waals surface area (Å²) in [5.74, 6) is 2.65. The van der Waals surface area contributed by atoms with E-state index in [0.29, 0.717) is 28.9 Å². The molecule has 0 spiro atoms. The van der Waals surface area contributed by atoms with E-state index >= 15 is 0 Å². The third kappa shape index (κ3) is 4.02. The molecule has 1 N–H and O–H groups in total. The van der Waals surface area contributed by atoms with E-state index in [-0.39, 0.29) is 11.7 Å². The molecule has 0 amide bonds. The van der Waals surface area contributed by atoms with Crippen molar-refractivity contribution in [3.05, 3.63) is 71.5 Å². The number of phenolic OH excluding ortho intramolecular Hbond substituents is 1. The van der Waals surface area contributed by atoms with Gasteiger partial charge in [-0.1, -0.05) is 31.5 Å². The number of ether oxygens (including phenoxy) is 3. The van der Waals surface area contributed by atoms with Crippen LogP contribution in [0.5, 0.6) is 11.5 Å². The van der Waals surface area contributed by atoms with Crippen molar-refractivity contribution >= 4 is 0 Å². The predicted molar refractivity (Wildman–Crippen MR) is 141 cm³/mol. The van der Waals surface area contributed by atoms with E-state index in [1.165, 1.54) is 48.8 Å². The number of benzene rings is 2. The van der Waals surface area contributed by atoms with E-state index in [4.69, 9.17) is 14.2 Å². The van der Waals surface area contributed by atoms with E-state index in [9.17, 15) is 5.11 Å². The van der Waals surface area contributed by atoms with Crippen molar-refractivity contribution in [2.45, 2.75) is 82.8 Å². The zero-order valence-corrected chi connectivity index (χ0v) is 21.7. The zero-order chi connectivity index (χ0) is 24.8. The number of phenols is 1. The molecule has 6 atom stereocenters. The van der Waals surface area contributed by atoms with Gasteiger partial charge < -0.3 is 19.3 Å². The minimum Gasteiger partial charge on any atom is -0.508 e. The standard InChI is InChI=1S/C32H40O4/c1-31-15-5-6-28(31)32(17-19-36-29-7-3-4-18-35-29)16-14-23-20-25(34-2)12-13-26(23)30(32)27(21-31)22-8-10-24(33)11-9-22/h8-13,17,19-20,27-30,33H,3-7,14-16,18,21H2,1-2H3/t27-,28-,29?,30+,31+,32-/m1/s1. The molecule has 192 valence electrons. The molecule has 2 aromatic rings. The maximum Gasteiger partial charge on any atom is 0.198 e. The SMILES string of the molecule is COc1ccc2c(c1)CC[C@@]1(C=COC3CCCCO3)[C@@H]3CCC[C@@]3(C)C[C@H](c3ccc(O)cc3)[C@H]21. The van der Waals surface area contributed by atoms with Crippen LogP contribution in [0.4, 0.5) is 0 Å². The molecule has 1 aliphatic heterocycles. The van der Waals surface area contributed by atoms with Crippen molar-refractivity contribution in [2.24, 2.45) is 16.7 Å². The summed E-state index contributed by atoms with van der Waals surface area (Å²) in [5.41, 5.74) is 4.55. The summed E-state index contributed by atoms with van der Waals surface area (Å²) in [6, 6.07) is 14.7. The Morgan fingerprint density at radius 2 is 1.89 bits per heavy atom. The molecule has 0 aromatic heterocycles. The van der Waals surface area contributed by atoms with E-state index in [0.717, 1.165) is 38.0 Å². The van der Waals surface area contributed by atoms with Gasteiger partial charge in [0.1, 0.15) is 11.5 Å². The molecule has 4 heteroatoms. The number of hydrogen-bond donors (Lipinski definition) is 1. The average Bonchev–Trinajstić information content (AvgIpc) is 3.31. The van der Waals surface area contributed by atoms with Crippen molar-refractivity contribution < 1.29 is 19.3 Å². The number of allylic oxidation sites excluding steroid dienone is 1. The highest BCUT2D eigenvalue weighted by Gasteiger charge is 2.61. The second-order valence-electron chi connectivity index (χ2n) is 11.9. The van der Waals surface area contributed by atoms with E-state index in [1.807, 2.05) is 18.4 Å². The molecule has 1 unspecified atom stereocenters. The van der Waals surface area contributed by atoms with Crippen LogP contribution in [0, 0.1) is 16.7 Å². The van der Waals surface area contributed by atoms with Crippen molar-refractivity contribution in [1.82, 2.24) is 0 Å². The summed E-state index contributed by atoms with van der Waals surface area (Å²) in [7, 11) is 1.76. The lowest BCUT2D eigenvalue weighted by Crippen LogP contribution is -2.51. The Kier molecular flexibility index (Phi) is 6.27. The quantitative estimate of drug-likeness (QED) is 0.444. The molecule has 2 saturated carbocycles. The lowest BCUT2D eigenvalue weighted by atomic mass is 9.44. The molecule has 3 fully saturated rings. The molecule has 0 radical (unpaired) electrons. The van der Waals surface area contributed by atoms with Crippen molar-refractivity contribution in [1.29, 1.82) is 0 Å². The van der Waals surface area contributed by atoms with Crippen LogP contribution in [0.25, 0.3) is 0 Å². The molecule has 2 aromatic carbocycles. The fourth-order valence-electron chi connectivity index (χ4n) is 8.43. The lowest BCUT2D eigenvalue weighted by Gasteiger charge is -2.60. The minimum absolute atomic E-state index is 0.0301. The Labute approximate surface area is 215 Å². The smallest absolute Gasteiger partial charge is 0.198 e. The number of aryl methyl sites for hydroxylation is 1. The van der Waals surface area contributed by atoms with Crippen LogP contribution in [0.1, 0.15) is 86.8 Å². The van der Waals surface area contributed by atoms with Gasteiger partial charge in [-0.3, -0.25) is 0 Å². The number of methoxy groups -OCH3 is 1. The summed E-state index contributed by atoms with van der Waals surface area (Å²) in [4.78, 5) is 0. The molecule has 4 nitrogen and oxygen atoms in total. The Balaban J connectivity index is 1.47. The maximum absolute atomic E-state index is 10.0. The fraction of sp³-hybridized carbons (Fsp3) is 0.562. The van der Waals surface area contributed by atoms with E-state index in [1.54, 1.807) is 7.11 Å². The van der Waals surface area contributed by atoms with Crippen LogP contribution in [0.15, 0.2) is 54.8 Å². The molecule has 1 saturated heterocycles. The van der Waals surface area contributed by atoms with Crippen molar-refractivity contribution in [3.8, 4) is 11.5 Å². The van der Waals surface area contributed by atoms with Gasteiger partial charge in [-0.15, -0.1) is 0 Å². The largest absolute Gasteiger partial charge is 0.508 e. The molecule has 0 bridgehead atoms. The molecule has 36 heavy (non-hydrogen) atoms. The highest BCUT2D eigenvalue weighted by molar-refractivity contribution is 5.46. The fourth-order valence-corrected chi connectivity index (χ4v) is 8.43.